The van der Waals surface area contributed by atoms with Crippen molar-refractivity contribution in [3.8, 4) is 0 Å². The molecule has 0 spiro atoms. The van der Waals surface area contributed by atoms with Crippen molar-refractivity contribution in [2.24, 2.45) is 5.73 Å². The molecule has 2 rings (SSSR count). The Bertz CT molecular complexity index is 595. The molecule has 2 aromatic heterocycles. The smallest absolute Gasteiger partial charge is 0.240 e. The van der Waals surface area contributed by atoms with Crippen LogP contribution in [0.1, 0.15) is 26.3 Å². The third-order valence-electron chi connectivity index (χ3n) is 2.76. The van der Waals surface area contributed by atoms with E-state index in [0.717, 1.165) is 16.6 Å². The standard InChI is InChI=1S/C14H20N4O/c1-14(2,3)17-12(19)9-18-8-10(7-15)11-5-4-6-16-13(11)18/h4-6,8H,7,9,15H2,1-3H3,(H,17,19). The molecule has 3 N–H and O–H groups in total. The molecule has 0 bridgehead atoms. The number of aromatic nitrogens is 2. The van der Waals surface area contributed by atoms with E-state index in [1.807, 2.05) is 43.7 Å². The summed E-state index contributed by atoms with van der Waals surface area (Å²) in [5.41, 5.74) is 7.29. The molecule has 2 aromatic rings. The predicted molar refractivity (Wildman–Crippen MR) is 75.5 cm³/mol. The average molecular weight is 260 g/mol. The number of carbonyl (C=O) groups is 1. The lowest BCUT2D eigenvalue weighted by Crippen LogP contribution is -2.42. The quantitative estimate of drug-likeness (QED) is 0.876. The lowest BCUT2D eigenvalue weighted by molar-refractivity contribution is -0.123. The van der Waals surface area contributed by atoms with Crippen LogP contribution in [-0.2, 0) is 17.9 Å². The van der Waals surface area contributed by atoms with E-state index < -0.39 is 0 Å². The fourth-order valence-corrected chi connectivity index (χ4v) is 2.09. The van der Waals surface area contributed by atoms with Gasteiger partial charge in [0.2, 0.25) is 5.91 Å². The van der Waals surface area contributed by atoms with Crippen LogP contribution in [0.15, 0.2) is 24.5 Å². The predicted octanol–water partition coefficient (Wildman–Crippen LogP) is 1.41. The molecule has 0 unspecified atom stereocenters. The zero-order valence-electron chi connectivity index (χ0n) is 11.6. The van der Waals surface area contributed by atoms with Crippen molar-refractivity contribution in [3.63, 3.8) is 0 Å². The summed E-state index contributed by atoms with van der Waals surface area (Å²) in [5.74, 6) is -0.0291. The van der Waals surface area contributed by atoms with E-state index >= 15 is 0 Å². The van der Waals surface area contributed by atoms with Crippen molar-refractivity contribution in [2.75, 3.05) is 0 Å². The molecule has 0 radical (unpaired) electrons. The Morgan fingerprint density at radius 1 is 1.47 bits per heavy atom. The van der Waals surface area contributed by atoms with E-state index in [0.29, 0.717) is 6.54 Å². The second-order valence-corrected chi connectivity index (χ2v) is 5.66. The Labute approximate surface area is 112 Å². The van der Waals surface area contributed by atoms with Gasteiger partial charge in [-0.25, -0.2) is 4.98 Å². The van der Waals surface area contributed by atoms with Gasteiger partial charge in [0.15, 0.2) is 0 Å². The van der Waals surface area contributed by atoms with Crippen LogP contribution < -0.4 is 11.1 Å². The van der Waals surface area contributed by atoms with Crippen molar-refractivity contribution in [2.45, 2.75) is 39.4 Å². The first-order valence-corrected chi connectivity index (χ1v) is 6.34. The first kappa shape index (κ1) is 13.5. The number of hydrogen-bond acceptors (Lipinski definition) is 3. The Kier molecular flexibility index (Phi) is 3.57. The molecule has 102 valence electrons. The molecule has 0 atom stereocenters. The third-order valence-corrected chi connectivity index (χ3v) is 2.76. The maximum absolute atomic E-state index is 12.0. The van der Waals surface area contributed by atoms with Gasteiger partial charge in [-0.2, -0.15) is 0 Å². The van der Waals surface area contributed by atoms with Gasteiger partial charge >= 0.3 is 0 Å². The number of rotatable bonds is 3. The van der Waals surface area contributed by atoms with Gasteiger partial charge in [-0.1, -0.05) is 0 Å². The highest BCUT2D eigenvalue weighted by Crippen LogP contribution is 2.18. The topological polar surface area (TPSA) is 72.9 Å². The summed E-state index contributed by atoms with van der Waals surface area (Å²) >= 11 is 0. The maximum Gasteiger partial charge on any atom is 0.240 e. The molecule has 19 heavy (non-hydrogen) atoms. The second kappa shape index (κ2) is 5.01. The van der Waals surface area contributed by atoms with E-state index in [2.05, 4.69) is 10.3 Å². The number of hydrogen-bond donors (Lipinski definition) is 2. The van der Waals surface area contributed by atoms with E-state index in [9.17, 15) is 4.79 Å². The minimum absolute atomic E-state index is 0.0291. The molecule has 1 amide bonds. The summed E-state index contributed by atoms with van der Waals surface area (Å²) in [6.45, 7) is 6.58. The van der Waals surface area contributed by atoms with Crippen molar-refractivity contribution in [1.29, 1.82) is 0 Å². The van der Waals surface area contributed by atoms with Gasteiger partial charge < -0.3 is 15.6 Å². The van der Waals surface area contributed by atoms with Crippen LogP contribution in [0.3, 0.4) is 0 Å². The first-order chi connectivity index (χ1) is 8.90. The van der Waals surface area contributed by atoms with Crippen LogP contribution in [0.5, 0.6) is 0 Å². The molecule has 0 aliphatic carbocycles. The van der Waals surface area contributed by atoms with E-state index in [4.69, 9.17) is 5.73 Å². The number of amides is 1. The largest absolute Gasteiger partial charge is 0.350 e. The molecule has 5 nitrogen and oxygen atoms in total. The molecule has 0 saturated heterocycles. The molecule has 0 saturated carbocycles. The zero-order valence-corrected chi connectivity index (χ0v) is 11.6. The monoisotopic (exact) mass is 260 g/mol. The van der Waals surface area contributed by atoms with Gasteiger partial charge in [0, 0.05) is 29.9 Å². The number of nitrogens with zero attached hydrogens (tertiary/aromatic N) is 2. The first-order valence-electron chi connectivity index (χ1n) is 6.34. The summed E-state index contributed by atoms with van der Waals surface area (Å²) < 4.78 is 1.85. The Hall–Kier alpha value is -1.88. The van der Waals surface area contributed by atoms with Crippen molar-refractivity contribution in [3.05, 3.63) is 30.1 Å². The Morgan fingerprint density at radius 3 is 2.84 bits per heavy atom. The zero-order chi connectivity index (χ0) is 14.0. The van der Waals surface area contributed by atoms with Gasteiger partial charge in [0.05, 0.1) is 0 Å². The van der Waals surface area contributed by atoms with Gasteiger partial charge in [-0.15, -0.1) is 0 Å². The van der Waals surface area contributed by atoms with Crippen molar-refractivity contribution in [1.82, 2.24) is 14.9 Å². The fourth-order valence-electron chi connectivity index (χ4n) is 2.09. The lowest BCUT2D eigenvalue weighted by atomic mass is 10.1. The van der Waals surface area contributed by atoms with Crippen LogP contribution >= 0.6 is 0 Å². The van der Waals surface area contributed by atoms with Crippen LogP contribution in [-0.4, -0.2) is 21.0 Å². The van der Waals surface area contributed by atoms with Crippen LogP contribution in [0.25, 0.3) is 11.0 Å². The molecule has 0 aliphatic rings. The molecule has 2 heterocycles. The molecule has 5 heteroatoms. The van der Waals surface area contributed by atoms with Crippen molar-refractivity contribution < 1.29 is 4.79 Å². The fraction of sp³-hybridized carbons (Fsp3) is 0.429. The maximum atomic E-state index is 12.0. The number of nitrogens with two attached hydrogens (primary N) is 1. The number of fused-ring (bicyclic) bond motifs is 1. The summed E-state index contributed by atoms with van der Waals surface area (Å²) in [6.07, 6.45) is 3.63. The number of carbonyl (C=O) groups excluding carboxylic acids is 1. The lowest BCUT2D eigenvalue weighted by Gasteiger charge is -2.20. The van der Waals surface area contributed by atoms with Gasteiger partial charge in [-0.3, -0.25) is 4.79 Å². The number of nitrogens with one attached hydrogen (secondary N) is 1. The second-order valence-electron chi connectivity index (χ2n) is 5.66. The van der Waals surface area contributed by atoms with E-state index in [1.54, 1.807) is 6.20 Å². The molecular formula is C14H20N4O. The summed E-state index contributed by atoms with van der Waals surface area (Å²) in [4.78, 5) is 16.3. The summed E-state index contributed by atoms with van der Waals surface area (Å²) in [6, 6.07) is 3.85. The summed E-state index contributed by atoms with van der Waals surface area (Å²) in [5, 5.41) is 3.95. The third kappa shape index (κ3) is 3.12. The highest BCUT2D eigenvalue weighted by Gasteiger charge is 2.16. The molecule has 0 fully saturated rings. The normalized spacial score (nSPS) is 11.8. The van der Waals surface area contributed by atoms with Crippen LogP contribution in [0.4, 0.5) is 0 Å². The van der Waals surface area contributed by atoms with Gasteiger partial charge in [0.25, 0.3) is 0 Å². The highest BCUT2D eigenvalue weighted by molar-refractivity contribution is 5.83. The average Bonchev–Trinajstić information content (AvgIpc) is 2.65. The van der Waals surface area contributed by atoms with Crippen LogP contribution in [0, 0.1) is 0 Å². The minimum atomic E-state index is -0.232. The highest BCUT2D eigenvalue weighted by atomic mass is 16.2. The van der Waals surface area contributed by atoms with E-state index in [-0.39, 0.29) is 18.0 Å². The molecule has 0 aromatic carbocycles. The van der Waals surface area contributed by atoms with E-state index in [1.165, 1.54) is 0 Å². The van der Waals surface area contributed by atoms with Crippen molar-refractivity contribution >= 4 is 16.9 Å². The SMILES string of the molecule is CC(C)(C)NC(=O)Cn1cc(CN)c2cccnc21. The number of pyridine rings is 1. The molecular weight excluding hydrogens is 240 g/mol. The van der Waals surface area contributed by atoms with Gasteiger partial charge in [-0.05, 0) is 38.5 Å². The van der Waals surface area contributed by atoms with Gasteiger partial charge in [0.1, 0.15) is 12.2 Å². The minimum Gasteiger partial charge on any atom is -0.350 e. The Morgan fingerprint density at radius 2 is 2.21 bits per heavy atom. The van der Waals surface area contributed by atoms with Crippen LogP contribution in [0.2, 0.25) is 0 Å². The Balaban J connectivity index is 2.28. The summed E-state index contributed by atoms with van der Waals surface area (Å²) in [7, 11) is 0. The molecule has 0 aliphatic heterocycles.